The topological polar surface area (TPSA) is 68.3 Å². The number of halogens is 3. The molecule has 9 heteroatoms. The van der Waals surface area contributed by atoms with Crippen LogP contribution in [0.1, 0.15) is 5.69 Å². The van der Waals surface area contributed by atoms with E-state index < -0.39 is 15.5 Å². The zero-order chi connectivity index (χ0) is 20.2. The Morgan fingerprint density at radius 2 is 1.64 bits per heavy atom. The first-order chi connectivity index (χ1) is 13.2. The lowest BCUT2D eigenvalue weighted by atomic mass is 10.1. The van der Waals surface area contributed by atoms with E-state index in [1.165, 1.54) is 29.0 Å². The predicted octanol–water partition coefficient (Wildman–Crippen LogP) is 4.59. The van der Waals surface area contributed by atoms with Crippen LogP contribution in [-0.2, 0) is 16.6 Å². The minimum Gasteiger partial charge on any atom is -0.487 e. The largest absolute Gasteiger partial charge is 0.516 e. The molecule has 0 spiro atoms. The number of alkyl halides is 3. The molecule has 0 aliphatic rings. The van der Waals surface area contributed by atoms with Gasteiger partial charge in [-0.1, -0.05) is 42.5 Å². The van der Waals surface area contributed by atoms with E-state index in [1.807, 2.05) is 42.5 Å². The number of pyridine rings is 1. The smallest absolute Gasteiger partial charge is 0.487 e. The van der Waals surface area contributed by atoms with E-state index in [0.717, 1.165) is 11.3 Å². The van der Waals surface area contributed by atoms with Gasteiger partial charge in [-0.2, -0.15) is 21.6 Å². The lowest BCUT2D eigenvalue weighted by Crippen LogP contribution is -2.29. The third-order valence-electron chi connectivity index (χ3n) is 3.65. The van der Waals surface area contributed by atoms with Gasteiger partial charge >= 0.3 is 15.5 Å². The molecule has 0 saturated heterocycles. The molecule has 0 unspecified atom stereocenters. The van der Waals surface area contributed by atoms with Crippen LogP contribution in [0.25, 0.3) is 11.3 Å². The molecule has 0 saturated carbocycles. The summed E-state index contributed by atoms with van der Waals surface area (Å²) in [6.07, 6.45) is 0. The number of nitrogens with zero attached hydrogens (tertiary/aromatic N) is 1. The second-order valence-electron chi connectivity index (χ2n) is 5.75. The minimum atomic E-state index is -5.49. The molecular formula is C19H15F3N2O3S. The van der Waals surface area contributed by atoms with Crippen LogP contribution in [0.2, 0.25) is 0 Å². The first-order valence-electron chi connectivity index (χ1n) is 8.08. The van der Waals surface area contributed by atoms with Crippen molar-refractivity contribution < 1.29 is 26.3 Å². The van der Waals surface area contributed by atoms with Crippen LogP contribution in [-0.4, -0.2) is 18.9 Å². The summed E-state index contributed by atoms with van der Waals surface area (Å²) >= 11 is 0. The second-order valence-corrected chi connectivity index (χ2v) is 7.42. The second kappa shape index (κ2) is 7.89. The lowest BCUT2D eigenvalue weighted by Gasteiger charge is -2.12. The molecule has 0 atom stereocenters. The van der Waals surface area contributed by atoms with Gasteiger partial charge in [0.1, 0.15) is 12.4 Å². The molecule has 1 aromatic heterocycles. The van der Waals surface area contributed by atoms with Crippen LogP contribution < -0.4 is 9.46 Å². The zero-order valence-electron chi connectivity index (χ0n) is 14.3. The number of ether oxygens (including phenoxy) is 1. The maximum atomic E-state index is 12.5. The molecule has 0 amide bonds. The molecule has 3 rings (SSSR count). The molecule has 28 heavy (non-hydrogen) atoms. The Morgan fingerprint density at radius 1 is 0.929 bits per heavy atom. The fraction of sp³-hybridized carbons (Fsp3) is 0.105. The lowest BCUT2D eigenvalue weighted by molar-refractivity contribution is -0.0429. The van der Waals surface area contributed by atoms with Gasteiger partial charge < -0.3 is 4.74 Å². The highest BCUT2D eigenvalue weighted by Crippen LogP contribution is 2.27. The van der Waals surface area contributed by atoms with Crippen molar-refractivity contribution in [2.45, 2.75) is 12.1 Å². The zero-order valence-corrected chi connectivity index (χ0v) is 15.2. The summed E-state index contributed by atoms with van der Waals surface area (Å²) in [5.41, 5.74) is -3.34. The molecule has 0 aliphatic heterocycles. The summed E-state index contributed by atoms with van der Waals surface area (Å²) in [7, 11) is -5.49. The number of sulfonamides is 1. The van der Waals surface area contributed by atoms with Gasteiger partial charge in [0.2, 0.25) is 0 Å². The van der Waals surface area contributed by atoms with Crippen molar-refractivity contribution in [1.29, 1.82) is 0 Å². The van der Waals surface area contributed by atoms with Crippen LogP contribution in [0.15, 0.2) is 72.8 Å². The van der Waals surface area contributed by atoms with Gasteiger partial charge in [-0.05, 0) is 24.3 Å². The molecule has 1 heterocycles. The Kier molecular flexibility index (Phi) is 5.55. The molecular weight excluding hydrogens is 393 g/mol. The Balaban J connectivity index is 1.71. The van der Waals surface area contributed by atoms with Gasteiger partial charge in [-0.3, -0.25) is 4.72 Å². The van der Waals surface area contributed by atoms with E-state index in [2.05, 4.69) is 4.98 Å². The summed E-state index contributed by atoms with van der Waals surface area (Å²) < 4.78 is 66.8. The third-order valence-corrected chi connectivity index (χ3v) is 4.77. The first-order valence-corrected chi connectivity index (χ1v) is 9.56. The Labute approximate surface area is 159 Å². The number of benzene rings is 2. The van der Waals surface area contributed by atoms with Crippen molar-refractivity contribution in [3.63, 3.8) is 0 Å². The van der Waals surface area contributed by atoms with E-state index >= 15 is 0 Å². The number of hydrogen-bond donors (Lipinski definition) is 1. The Hall–Kier alpha value is -3.07. The Morgan fingerprint density at radius 3 is 2.36 bits per heavy atom. The van der Waals surface area contributed by atoms with Crippen LogP contribution in [0.4, 0.5) is 18.9 Å². The molecule has 0 bridgehead atoms. The minimum absolute atomic E-state index is 0.0656. The fourth-order valence-corrected chi connectivity index (χ4v) is 2.90. The highest BCUT2D eigenvalue weighted by atomic mass is 32.2. The molecule has 5 nitrogen and oxygen atoms in total. The van der Waals surface area contributed by atoms with Crippen molar-refractivity contribution in [2.24, 2.45) is 0 Å². The standard InChI is InChI=1S/C19H15F3N2O3S/c20-19(21,22)28(25,26)24-15-8-4-10-17(12-15)27-13-16-9-5-11-18(23-16)14-6-2-1-3-7-14/h1-12,24H,13H2. The maximum absolute atomic E-state index is 12.5. The summed E-state index contributed by atoms with van der Waals surface area (Å²) in [5, 5.41) is 0. The average molecular weight is 408 g/mol. The molecule has 0 aliphatic carbocycles. The SMILES string of the molecule is O=S(=O)(Nc1cccc(OCc2cccc(-c3ccccc3)n2)c1)C(F)(F)F. The van der Waals surface area contributed by atoms with Gasteiger partial charge in [-0.15, -0.1) is 0 Å². The van der Waals surface area contributed by atoms with Crippen molar-refractivity contribution in [1.82, 2.24) is 4.98 Å². The molecule has 0 radical (unpaired) electrons. The van der Waals surface area contributed by atoms with Gasteiger partial charge in [0, 0.05) is 11.6 Å². The number of anilines is 1. The highest BCUT2D eigenvalue weighted by molar-refractivity contribution is 7.93. The summed E-state index contributed by atoms with van der Waals surface area (Å²) in [5.74, 6) is 0.203. The fourth-order valence-electron chi connectivity index (χ4n) is 2.35. The van der Waals surface area contributed by atoms with E-state index in [-0.39, 0.29) is 18.0 Å². The number of aromatic nitrogens is 1. The Bertz CT molecular complexity index is 1060. The van der Waals surface area contributed by atoms with Gasteiger partial charge in [0.05, 0.1) is 17.1 Å². The van der Waals surface area contributed by atoms with Gasteiger partial charge in [0.25, 0.3) is 0 Å². The summed E-state index contributed by atoms with van der Waals surface area (Å²) in [6, 6.07) is 20.2. The summed E-state index contributed by atoms with van der Waals surface area (Å²) in [4.78, 5) is 4.49. The van der Waals surface area contributed by atoms with Crippen molar-refractivity contribution in [3.05, 3.63) is 78.5 Å². The molecule has 1 N–H and O–H groups in total. The maximum Gasteiger partial charge on any atom is 0.516 e. The van der Waals surface area contributed by atoms with Crippen molar-refractivity contribution in [3.8, 4) is 17.0 Å². The van der Waals surface area contributed by atoms with E-state index in [4.69, 9.17) is 4.74 Å². The van der Waals surface area contributed by atoms with Crippen LogP contribution in [0.5, 0.6) is 5.75 Å². The van der Waals surface area contributed by atoms with E-state index in [9.17, 15) is 21.6 Å². The monoisotopic (exact) mass is 408 g/mol. The molecule has 0 fully saturated rings. The summed E-state index contributed by atoms with van der Waals surface area (Å²) in [6.45, 7) is 0.0656. The normalized spacial score (nSPS) is 11.8. The molecule has 3 aromatic rings. The average Bonchev–Trinajstić information content (AvgIpc) is 2.66. The predicted molar refractivity (Wildman–Crippen MR) is 99.0 cm³/mol. The number of hydrogen-bond acceptors (Lipinski definition) is 4. The number of nitrogens with one attached hydrogen (secondary N) is 1. The third kappa shape index (κ3) is 4.80. The van der Waals surface area contributed by atoms with Crippen LogP contribution in [0.3, 0.4) is 0 Å². The number of rotatable bonds is 6. The van der Waals surface area contributed by atoms with Gasteiger partial charge in [0.15, 0.2) is 0 Å². The van der Waals surface area contributed by atoms with E-state index in [0.29, 0.717) is 5.69 Å². The first kappa shape index (κ1) is 19.7. The van der Waals surface area contributed by atoms with E-state index in [1.54, 1.807) is 6.07 Å². The molecule has 2 aromatic carbocycles. The highest BCUT2D eigenvalue weighted by Gasteiger charge is 2.46. The van der Waals surface area contributed by atoms with Gasteiger partial charge in [-0.25, -0.2) is 4.98 Å². The quantitative estimate of drug-likeness (QED) is 0.648. The van der Waals surface area contributed by atoms with Crippen LogP contribution >= 0.6 is 0 Å². The van der Waals surface area contributed by atoms with Crippen molar-refractivity contribution in [2.75, 3.05) is 4.72 Å². The van der Waals surface area contributed by atoms with Crippen LogP contribution in [0, 0.1) is 0 Å². The van der Waals surface area contributed by atoms with Crippen molar-refractivity contribution >= 4 is 15.7 Å². The molecule has 146 valence electrons.